The summed E-state index contributed by atoms with van der Waals surface area (Å²) in [7, 11) is 0. The van der Waals surface area contributed by atoms with Crippen LogP contribution in [-0.2, 0) is 11.2 Å². The highest BCUT2D eigenvalue weighted by molar-refractivity contribution is 5.96. The van der Waals surface area contributed by atoms with E-state index >= 15 is 0 Å². The first-order chi connectivity index (χ1) is 8.48. The normalized spacial score (nSPS) is 13.5. The van der Waals surface area contributed by atoms with Crippen LogP contribution in [0.3, 0.4) is 0 Å². The van der Waals surface area contributed by atoms with Gasteiger partial charge in [0.15, 0.2) is 5.78 Å². The highest BCUT2D eigenvalue weighted by atomic mass is 16.1. The molecule has 1 aromatic rings. The number of allylic oxidation sites excluding steroid dienone is 3. The summed E-state index contributed by atoms with van der Waals surface area (Å²) in [6, 6.07) is 10.2. The average Bonchev–Trinajstić information content (AvgIpc) is 2.36. The number of rotatable bonds is 6. The molecule has 0 fully saturated rings. The van der Waals surface area contributed by atoms with E-state index in [9.17, 15) is 4.79 Å². The first-order valence-corrected chi connectivity index (χ1v) is 6.35. The van der Waals surface area contributed by atoms with Crippen LogP contribution in [0.4, 0.5) is 0 Å². The molecular weight excluding hydrogens is 220 g/mol. The minimum Gasteiger partial charge on any atom is -0.294 e. The summed E-state index contributed by atoms with van der Waals surface area (Å²) in [5.41, 5.74) is 1.83. The summed E-state index contributed by atoms with van der Waals surface area (Å²) in [4.78, 5) is 12.2. The second-order valence-electron chi connectivity index (χ2n) is 5.19. The Morgan fingerprint density at radius 1 is 1.28 bits per heavy atom. The second kappa shape index (κ2) is 6.34. The molecule has 1 rings (SSSR count). The van der Waals surface area contributed by atoms with Crippen molar-refractivity contribution < 1.29 is 4.79 Å². The number of carbonyl (C=O) groups excluding carboxylic acids is 1. The van der Waals surface area contributed by atoms with Crippen LogP contribution in [0.1, 0.15) is 32.8 Å². The third-order valence-electron chi connectivity index (χ3n) is 3.21. The van der Waals surface area contributed by atoms with Gasteiger partial charge in [-0.15, -0.1) is 6.58 Å². The molecule has 0 N–H and O–H groups in total. The largest absolute Gasteiger partial charge is 0.294 e. The molecule has 0 radical (unpaired) electrons. The van der Waals surface area contributed by atoms with Crippen LogP contribution in [0.5, 0.6) is 0 Å². The summed E-state index contributed by atoms with van der Waals surface area (Å²) in [5.74, 6) is 0.147. The maximum Gasteiger partial charge on any atom is 0.165 e. The molecule has 1 aromatic carbocycles. The van der Waals surface area contributed by atoms with Crippen LogP contribution in [0.2, 0.25) is 0 Å². The lowest BCUT2D eigenvalue weighted by Gasteiger charge is -2.22. The number of hydrogen-bond donors (Lipinski definition) is 0. The van der Waals surface area contributed by atoms with E-state index < -0.39 is 5.41 Å². The van der Waals surface area contributed by atoms with E-state index in [2.05, 4.69) is 18.7 Å². The van der Waals surface area contributed by atoms with Crippen LogP contribution in [-0.4, -0.2) is 5.78 Å². The zero-order valence-electron chi connectivity index (χ0n) is 11.6. The minimum atomic E-state index is -0.465. The molecule has 0 aliphatic heterocycles. The predicted octanol–water partition coefficient (Wildman–Crippen LogP) is 4.35. The highest BCUT2D eigenvalue weighted by Gasteiger charge is 2.27. The van der Waals surface area contributed by atoms with Crippen molar-refractivity contribution >= 4 is 5.78 Å². The Hall–Kier alpha value is -1.63. The van der Waals surface area contributed by atoms with Gasteiger partial charge in [0.2, 0.25) is 0 Å². The summed E-state index contributed by atoms with van der Waals surface area (Å²) >= 11 is 0. The number of ketones is 1. The molecule has 96 valence electrons. The van der Waals surface area contributed by atoms with Crippen molar-refractivity contribution in [2.24, 2.45) is 5.41 Å². The first-order valence-electron chi connectivity index (χ1n) is 6.35. The van der Waals surface area contributed by atoms with Gasteiger partial charge in [-0.2, -0.15) is 0 Å². The van der Waals surface area contributed by atoms with Gasteiger partial charge in [0.25, 0.3) is 0 Å². The molecule has 0 amide bonds. The molecule has 0 saturated carbocycles. The second-order valence-corrected chi connectivity index (χ2v) is 5.19. The molecular formula is C17H22O. The van der Waals surface area contributed by atoms with Gasteiger partial charge >= 0.3 is 0 Å². The zero-order valence-corrected chi connectivity index (χ0v) is 11.6. The van der Waals surface area contributed by atoms with Gasteiger partial charge in [-0.25, -0.2) is 0 Å². The molecule has 0 aromatic heterocycles. The highest BCUT2D eigenvalue weighted by Crippen LogP contribution is 2.27. The molecule has 1 atom stereocenters. The van der Waals surface area contributed by atoms with Crippen molar-refractivity contribution in [3.63, 3.8) is 0 Å². The average molecular weight is 242 g/mol. The van der Waals surface area contributed by atoms with Crippen molar-refractivity contribution in [1.82, 2.24) is 0 Å². The van der Waals surface area contributed by atoms with Crippen molar-refractivity contribution in [2.75, 3.05) is 0 Å². The number of hydrogen-bond acceptors (Lipinski definition) is 1. The van der Waals surface area contributed by atoms with Crippen molar-refractivity contribution in [1.29, 1.82) is 0 Å². The van der Waals surface area contributed by atoms with Crippen LogP contribution >= 0.6 is 0 Å². The summed E-state index contributed by atoms with van der Waals surface area (Å²) in [6.07, 6.45) is 5.18. The van der Waals surface area contributed by atoms with E-state index in [-0.39, 0.29) is 5.78 Å². The van der Waals surface area contributed by atoms with Crippen LogP contribution in [0.15, 0.2) is 54.6 Å². The first kappa shape index (κ1) is 14.4. The summed E-state index contributed by atoms with van der Waals surface area (Å²) in [6.45, 7) is 9.67. The van der Waals surface area contributed by atoms with E-state index in [1.165, 1.54) is 5.56 Å². The van der Waals surface area contributed by atoms with Gasteiger partial charge in [-0.3, -0.25) is 4.79 Å². The van der Waals surface area contributed by atoms with Gasteiger partial charge in [-0.1, -0.05) is 42.0 Å². The minimum absolute atomic E-state index is 0.147. The molecule has 0 heterocycles. The summed E-state index contributed by atoms with van der Waals surface area (Å²) < 4.78 is 0. The van der Waals surface area contributed by atoms with Crippen LogP contribution < -0.4 is 0 Å². The predicted molar refractivity (Wildman–Crippen MR) is 77.5 cm³/mol. The Balaban J connectivity index is 2.75. The van der Waals surface area contributed by atoms with Gasteiger partial charge in [0.1, 0.15) is 0 Å². The van der Waals surface area contributed by atoms with E-state index in [0.717, 1.165) is 18.4 Å². The Labute approximate surface area is 110 Å². The van der Waals surface area contributed by atoms with E-state index in [0.29, 0.717) is 0 Å². The zero-order chi connectivity index (χ0) is 13.6. The Morgan fingerprint density at radius 3 is 2.39 bits per heavy atom. The fourth-order valence-corrected chi connectivity index (χ4v) is 1.80. The molecule has 1 unspecified atom stereocenters. The smallest absolute Gasteiger partial charge is 0.165 e. The Kier molecular flexibility index (Phi) is 5.08. The maximum atomic E-state index is 12.2. The van der Waals surface area contributed by atoms with Crippen molar-refractivity contribution in [2.45, 2.75) is 33.6 Å². The molecule has 18 heavy (non-hydrogen) atoms. The monoisotopic (exact) mass is 242 g/mol. The van der Waals surface area contributed by atoms with E-state index in [1.807, 2.05) is 39.0 Å². The molecule has 1 nitrogen and oxygen atoms in total. The van der Waals surface area contributed by atoms with Crippen molar-refractivity contribution in [3.05, 3.63) is 60.2 Å². The third kappa shape index (κ3) is 3.99. The fraction of sp³-hybridized carbons (Fsp3) is 0.353. The quantitative estimate of drug-likeness (QED) is 0.535. The SMILES string of the molecule is C=CC(C)(CCc1ccccc1)C(=O)C=C(C)C. The van der Waals surface area contributed by atoms with Gasteiger partial charge in [0, 0.05) is 5.41 Å². The molecule has 0 aliphatic rings. The summed E-state index contributed by atoms with van der Waals surface area (Å²) in [5, 5.41) is 0. The lowest BCUT2D eigenvalue weighted by molar-refractivity contribution is -0.121. The molecule has 0 spiro atoms. The molecule has 1 heteroatoms. The lowest BCUT2D eigenvalue weighted by atomic mass is 9.79. The standard InChI is InChI=1S/C17H22O/c1-5-17(4,16(18)13-14(2)3)12-11-15-9-7-6-8-10-15/h5-10,13H,1,11-12H2,2-4H3. The van der Waals surface area contributed by atoms with E-state index in [1.54, 1.807) is 12.2 Å². The van der Waals surface area contributed by atoms with E-state index in [4.69, 9.17) is 0 Å². The maximum absolute atomic E-state index is 12.2. The number of aryl methyl sites for hydroxylation is 1. The Bertz CT molecular complexity index is 438. The van der Waals surface area contributed by atoms with Crippen LogP contribution in [0, 0.1) is 5.41 Å². The van der Waals surface area contributed by atoms with Crippen LogP contribution in [0.25, 0.3) is 0 Å². The molecule has 0 aliphatic carbocycles. The van der Waals surface area contributed by atoms with Gasteiger partial charge in [0.05, 0.1) is 0 Å². The third-order valence-corrected chi connectivity index (χ3v) is 3.21. The topological polar surface area (TPSA) is 17.1 Å². The Morgan fingerprint density at radius 2 is 1.89 bits per heavy atom. The lowest BCUT2D eigenvalue weighted by Crippen LogP contribution is -2.24. The van der Waals surface area contributed by atoms with Crippen molar-refractivity contribution in [3.8, 4) is 0 Å². The van der Waals surface area contributed by atoms with Gasteiger partial charge in [-0.05, 0) is 45.3 Å². The molecule has 0 bridgehead atoms. The fourth-order valence-electron chi connectivity index (χ4n) is 1.80. The van der Waals surface area contributed by atoms with Gasteiger partial charge < -0.3 is 0 Å². The number of benzene rings is 1. The number of carbonyl (C=O) groups is 1. The molecule has 0 saturated heterocycles.